The number of hydrogen-bond acceptors (Lipinski definition) is 2. The third-order valence-electron chi connectivity index (χ3n) is 4.23. The molecule has 4 nitrogen and oxygen atoms in total. The maximum atomic E-state index is 12.7. The highest BCUT2D eigenvalue weighted by Gasteiger charge is 2.23. The number of aromatic nitrogens is 1. The van der Waals surface area contributed by atoms with Crippen LogP contribution in [0, 0.1) is 0 Å². The standard InChI is InChI=1S/C16H21N3O/c1-19(12-5-4-9-17-10-8-12)16(20)14-11-18-15-7-3-2-6-13(14)15/h2-3,6-7,11-12,17-18H,4-5,8-10H2,1H3/t12-/m0/s1. The summed E-state index contributed by atoms with van der Waals surface area (Å²) in [5, 5.41) is 4.40. The number of carbonyl (C=O) groups is 1. The van der Waals surface area contributed by atoms with E-state index < -0.39 is 0 Å². The lowest BCUT2D eigenvalue weighted by atomic mass is 10.1. The number of nitrogens with zero attached hydrogens (tertiary/aromatic N) is 1. The first-order valence-electron chi connectivity index (χ1n) is 7.31. The van der Waals surface area contributed by atoms with Crippen LogP contribution < -0.4 is 5.32 Å². The van der Waals surface area contributed by atoms with E-state index in [9.17, 15) is 4.79 Å². The van der Waals surface area contributed by atoms with Crippen molar-refractivity contribution in [3.05, 3.63) is 36.0 Å². The lowest BCUT2D eigenvalue weighted by Crippen LogP contribution is -2.37. The van der Waals surface area contributed by atoms with E-state index in [0.29, 0.717) is 6.04 Å². The van der Waals surface area contributed by atoms with Gasteiger partial charge in [0.1, 0.15) is 0 Å². The summed E-state index contributed by atoms with van der Waals surface area (Å²) in [6, 6.07) is 8.30. The number of fused-ring (bicyclic) bond motifs is 1. The number of rotatable bonds is 2. The summed E-state index contributed by atoms with van der Waals surface area (Å²) in [5.74, 6) is 0.120. The molecular formula is C16H21N3O. The normalized spacial score (nSPS) is 19.8. The Morgan fingerprint density at radius 1 is 1.25 bits per heavy atom. The van der Waals surface area contributed by atoms with Gasteiger partial charge in [0.2, 0.25) is 0 Å². The Hall–Kier alpha value is -1.81. The van der Waals surface area contributed by atoms with Crippen LogP contribution in [-0.2, 0) is 0 Å². The zero-order valence-corrected chi connectivity index (χ0v) is 11.9. The largest absolute Gasteiger partial charge is 0.360 e. The molecule has 1 aromatic carbocycles. The highest BCUT2D eigenvalue weighted by Crippen LogP contribution is 2.21. The van der Waals surface area contributed by atoms with Gasteiger partial charge in [-0.25, -0.2) is 0 Å². The molecule has 1 aromatic heterocycles. The zero-order chi connectivity index (χ0) is 13.9. The fraction of sp³-hybridized carbons (Fsp3) is 0.438. The molecule has 0 radical (unpaired) electrons. The van der Waals surface area contributed by atoms with Crippen molar-refractivity contribution in [1.82, 2.24) is 15.2 Å². The molecule has 1 atom stereocenters. The van der Waals surface area contributed by atoms with Crippen LogP contribution in [0.2, 0.25) is 0 Å². The number of aromatic amines is 1. The molecule has 2 N–H and O–H groups in total. The molecule has 2 heterocycles. The van der Waals surface area contributed by atoms with Crippen molar-refractivity contribution < 1.29 is 4.79 Å². The predicted octanol–water partition coefficient (Wildman–Crippen LogP) is 2.38. The van der Waals surface area contributed by atoms with Crippen LogP contribution in [0.15, 0.2) is 30.5 Å². The van der Waals surface area contributed by atoms with E-state index in [1.165, 1.54) is 0 Å². The van der Waals surface area contributed by atoms with Gasteiger partial charge in [-0.1, -0.05) is 18.2 Å². The Balaban J connectivity index is 1.84. The van der Waals surface area contributed by atoms with E-state index in [-0.39, 0.29) is 5.91 Å². The molecule has 0 bridgehead atoms. The van der Waals surface area contributed by atoms with Crippen LogP contribution in [0.5, 0.6) is 0 Å². The van der Waals surface area contributed by atoms with Crippen LogP contribution in [0.4, 0.5) is 0 Å². The van der Waals surface area contributed by atoms with Gasteiger partial charge in [0.05, 0.1) is 5.56 Å². The molecule has 106 valence electrons. The highest BCUT2D eigenvalue weighted by atomic mass is 16.2. The zero-order valence-electron chi connectivity index (χ0n) is 11.9. The molecule has 3 rings (SSSR count). The van der Waals surface area contributed by atoms with E-state index in [4.69, 9.17) is 0 Å². The molecule has 1 fully saturated rings. The molecular weight excluding hydrogens is 250 g/mol. The van der Waals surface area contributed by atoms with Crippen LogP contribution >= 0.6 is 0 Å². The fourth-order valence-electron chi connectivity index (χ4n) is 2.99. The summed E-state index contributed by atoms with van der Waals surface area (Å²) in [7, 11) is 1.93. The van der Waals surface area contributed by atoms with Crippen LogP contribution in [-0.4, -0.2) is 42.0 Å². The molecule has 20 heavy (non-hydrogen) atoms. The first kappa shape index (κ1) is 13.2. The van der Waals surface area contributed by atoms with E-state index in [1.54, 1.807) is 0 Å². The number of hydrogen-bond donors (Lipinski definition) is 2. The lowest BCUT2D eigenvalue weighted by molar-refractivity contribution is 0.0722. The molecule has 1 aliphatic rings. The Kier molecular flexibility index (Phi) is 3.74. The highest BCUT2D eigenvalue weighted by molar-refractivity contribution is 6.06. The lowest BCUT2D eigenvalue weighted by Gasteiger charge is -2.26. The van der Waals surface area contributed by atoms with Crippen LogP contribution in [0.1, 0.15) is 29.6 Å². The maximum Gasteiger partial charge on any atom is 0.256 e. The number of carbonyl (C=O) groups excluding carboxylic acids is 1. The third-order valence-corrected chi connectivity index (χ3v) is 4.23. The number of H-pyrrole nitrogens is 1. The minimum atomic E-state index is 0.120. The molecule has 0 saturated carbocycles. The van der Waals surface area contributed by atoms with Crippen molar-refractivity contribution in [3.63, 3.8) is 0 Å². The number of benzene rings is 1. The van der Waals surface area contributed by atoms with Crippen molar-refractivity contribution >= 4 is 16.8 Å². The topological polar surface area (TPSA) is 48.1 Å². The summed E-state index contributed by atoms with van der Waals surface area (Å²) in [6.45, 7) is 2.06. The Morgan fingerprint density at radius 3 is 3.00 bits per heavy atom. The SMILES string of the molecule is CN(C(=O)c1c[nH]c2ccccc12)[C@H]1CCCNCC1. The van der Waals surface area contributed by atoms with E-state index >= 15 is 0 Å². The Labute approximate surface area is 119 Å². The average Bonchev–Trinajstić information content (AvgIpc) is 2.72. The van der Waals surface area contributed by atoms with Gasteiger partial charge in [0, 0.05) is 30.2 Å². The van der Waals surface area contributed by atoms with Gasteiger partial charge in [-0.2, -0.15) is 0 Å². The maximum absolute atomic E-state index is 12.7. The third kappa shape index (κ3) is 2.43. The van der Waals surface area contributed by atoms with Crippen molar-refractivity contribution in [2.24, 2.45) is 0 Å². The molecule has 0 unspecified atom stereocenters. The summed E-state index contributed by atoms with van der Waals surface area (Å²) in [4.78, 5) is 17.8. The summed E-state index contributed by atoms with van der Waals surface area (Å²) in [5.41, 5.74) is 1.80. The molecule has 4 heteroatoms. The van der Waals surface area contributed by atoms with E-state index in [2.05, 4.69) is 10.3 Å². The average molecular weight is 271 g/mol. The number of para-hydroxylation sites is 1. The van der Waals surface area contributed by atoms with Gasteiger partial charge in [0.15, 0.2) is 0 Å². The molecule has 0 aliphatic carbocycles. The fourth-order valence-corrected chi connectivity index (χ4v) is 2.99. The van der Waals surface area contributed by atoms with Crippen molar-refractivity contribution in [2.45, 2.75) is 25.3 Å². The molecule has 1 aliphatic heterocycles. The van der Waals surface area contributed by atoms with Crippen molar-refractivity contribution in [1.29, 1.82) is 0 Å². The van der Waals surface area contributed by atoms with Gasteiger partial charge in [0.25, 0.3) is 5.91 Å². The van der Waals surface area contributed by atoms with Gasteiger partial charge in [-0.3, -0.25) is 4.79 Å². The first-order valence-corrected chi connectivity index (χ1v) is 7.31. The summed E-state index contributed by atoms with van der Waals surface area (Å²) in [6.07, 6.45) is 5.08. The van der Waals surface area contributed by atoms with Crippen LogP contribution in [0.3, 0.4) is 0 Å². The van der Waals surface area contributed by atoms with Gasteiger partial charge in [-0.15, -0.1) is 0 Å². The number of amides is 1. The summed E-state index contributed by atoms with van der Waals surface area (Å²) >= 11 is 0. The van der Waals surface area contributed by atoms with Gasteiger partial charge >= 0.3 is 0 Å². The molecule has 2 aromatic rings. The van der Waals surface area contributed by atoms with E-state index in [1.807, 2.05) is 42.4 Å². The Morgan fingerprint density at radius 2 is 2.10 bits per heavy atom. The van der Waals surface area contributed by atoms with Crippen molar-refractivity contribution in [2.75, 3.05) is 20.1 Å². The second kappa shape index (κ2) is 5.67. The predicted molar refractivity (Wildman–Crippen MR) is 80.9 cm³/mol. The Bertz CT molecular complexity index is 597. The second-order valence-corrected chi connectivity index (χ2v) is 5.50. The van der Waals surface area contributed by atoms with Gasteiger partial charge < -0.3 is 15.2 Å². The monoisotopic (exact) mass is 271 g/mol. The van der Waals surface area contributed by atoms with Crippen LogP contribution in [0.25, 0.3) is 10.9 Å². The minimum absolute atomic E-state index is 0.120. The summed E-state index contributed by atoms with van der Waals surface area (Å²) < 4.78 is 0. The molecule has 0 spiro atoms. The van der Waals surface area contributed by atoms with Gasteiger partial charge in [-0.05, 0) is 38.4 Å². The molecule has 1 amide bonds. The van der Waals surface area contributed by atoms with E-state index in [0.717, 1.165) is 48.8 Å². The minimum Gasteiger partial charge on any atom is -0.360 e. The second-order valence-electron chi connectivity index (χ2n) is 5.50. The molecule has 1 saturated heterocycles. The van der Waals surface area contributed by atoms with Crippen molar-refractivity contribution in [3.8, 4) is 0 Å². The number of nitrogens with one attached hydrogen (secondary N) is 2. The quantitative estimate of drug-likeness (QED) is 0.881. The smallest absolute Gasteiger partial charge is 0.256 e. The first-order chi connectivity index (χ1) is 9.77.